The average molecular weight is 419 g/mol. The molecule has 0 bridgehead atoms. The van der Waals surface area contributed by atoms with Crippen molar-refractivity contribution >= 4 is 11.5 Å². The van der Waals surface area contributed by atoms with E-state index < -0.39 is 11.7 Å². The highest BCUT2D eigenvalue weighted by molar-refractivity contribution is 5.85. The van der Waals surface area contributed by atoms with E-state index in [0.29, 0.717) is 11.5 Å². The van der Waals surface area contributed by atoms with E-state index in [2.05, 4.69) is 30.1 Å². The number of carbonyl (C=O) groups excluding carboxylic acids is 1. The minimum atomic E-state index is -4.36. The summed E-state index contributed by atoms with van der Waals surface area (Å²) in [5.74, 6) is 0.247. The Kier molecular flexibility index (Phi) is 6.86. The van der Waals surface area contributed by atoms with Gasteiger partial charge in [-0.1, -0.05) is 32.0 Å². The van der Waals surface area contributed by atoms with Gasteiger partial charge in [-0.15, -0.1) is 0 Å². The molecule has 1 aliphatic rings. The Hall–Kier alpha value is -2.34. The molecule has 1 atom stereocenters. The quantitative estimate of drug-likeness (QED) is 0.672. The predicted molar refractivity (Wildman–Crippen MR) is 115 cm³/mol. The summed E-state index contributed by atoms with van der Waals surface area (Å²) in [4.78, 5) is 14.7. The number of rotatable bonds is 6. The first-order chi connectivity index (χ1) is 14.1. The van der Waals surface area contributed by atoms with E-state index in [1.54, 1.807) is 6.92 Å². The lowest BCUT2D eigenvalue weighted by Crippen LogP contribution is -2.43. The van der Waals surface area contributed by atoms with Crippen molar-refractivity contribution in [3.05, 3.63) is 53.6 Å². The molecule has 30 heavy (non-hydrogen) atoms. The van der Waals surface area contributed by atoms with Gasteiger partial charge in [-0.25, -0.2) is 0 Å². The van der Waals surface area contributed by atoms with Crippen molar-refractivity contribution in [2.24, 2.45) is 5.92 Å². The van der Waals surface area contributed by atoms with Gasteiger partial charge in [-0.05, 0) is 60.2 Å². The lowest BCUT2D eigenvalue weighted by molar-refractivity contribution is -0.137. The first-order valence-electron chi connectivity index (χ1n) is 10.4. The molecule has 2 aromatic rings. The molecule has 3 rings (SSSR count). The number of alkyl halides is 3. The van der Waals surface area contributed by atoms with Crippen molar-refractivity contribution in [1.82, 2.24) is 5.32 Å². The molecule has 6 heteroatoms. The molecule has 0 aliphatic carbocycles. The van der Waals surface area contributed by atoms with Crippen LogP contribution in [0.25, 0.3) is 11.1 Å². The van der Waals surface area contributed by atoms with Gasteiger partial charge < -0.3 is 10.2 Å². The fourth-order valence-electron chi connectivity index (χ4n) is 3.97. The van der Waals surface area contributed by atoms with Crippen molar-refractivity contribution in [1.29, 1.82) is 0 Å². The van der Waals surface area contributed by atoms with Crippen molar-refractivity contribution in [2.75, 3.05) is 31.1 Å². The number of carbonyl (C=O) groups is 1. The van der Waals surface area contributed by atoms with Gasteiger partial charge in [-0.2, -0.15) is 13.2 Å². The summed E-state index contributed by atoms with van der Waals surface area (Å²) in [6.07, 6.45) is -3.61. The van der Waals surface area contributed by atoms with Gasteiger partial charge in [0.15, 0.2) is 0 Å². The third kappa shape index (κ3) is 5.42. The molecular formula is C24H29F3N2O. The van der Waals surface area contributed by atoms with Crippen LogP contribution in [-0.4, -0.2) is 32.0 Å². The number of nitrogens with zero attached hydrogens (tertiary/aromatic N) is 1. The zero-order valence-corrected chi connectivity index (χ0v) is 17.7. The predicted octanol–water partition coefficient (Wildman–Crippen LogP) is 5.50. The van der Waals surface area contributed by atoms with Crippen LogP contribution in [0.15, 0.2) is 42.5 Å². The molecule has 1 fully saturated rings. The van der Waals surface area contributed by atoms with E-state index in [-0.39, 0.29) is 11.7 Å². The molecular weight excluding hydrogens is 389 g/mol. The second-order valence-corrected chi connectivity index (χ2v) is 8.42. The van der Waals surface area contributed by atoms with Crippen molar-refractivity contribution in [3.63, 3.8) is 0 Å². The molecule has 0 saturated carbocycles. The van der Waals surface area contributed by atoms with Gasteiger partial charge in [0.25, 0.3) is 0 Å². The van der Waals surface area contributed by atoms with Gasteiger partial charge in [0.2, 0.25) is 0 Å². The zero-order chi connectivity index (χ0) is 21.9. The molecule has 0 radical (unpaired) electrons. The fraction of sp³-hybridized carbons (Fsp3) is 0.458. The zero-order valence-electron chi connectivity index (χ0n) is 17.7. The lowest BCUT2D eigenvalue weighted by atomic mass is 9.85. The fourth-order valence-corrected chi connectivity index (χ4v) is 3.97. The van der Waals surface area contributed by atoms with Crippen LogP contribution in [0.5, 0.6) is 0 Å². The third-order valence-corrected chi connectivity index (χ3v) is 5.57. The maximum Gasteiger partial charge on any atom is 0.416 e. The van der Waals surface area contributed by atoms with Crippen LogP contribution in [0.3, 0.4) is 0 Å². The van der Waals surface area contributed by atoms with Gasteiger partial charge in [-0.3, -0.25) is 4.79 Å². The molecule has 1 N–H and O–H groups in total. The summed E-state index contributed by atoms with van der Waals surface area (Å²) < 4.78 is 38.9. The van der Waals surface area contributed by atoms with Gasteiger partial charge in [0.1, 0.15) is 5.78 Å². The molecule has 0 aromatic heterocycles. The summed E-state index contributed by atoms with van der Waals surface area (Å²) in [6, 6.07) is 11.3. The maximum absolute atomic E-state index is 13.0. The van der Waals surface area contributed by atoms with E-state index in [1.807, 2.05) is 12.1 Å². The van der Waals surface area contributed by atoms with E-state index >= 15 is 0 Å². The number of benzene rings is 2. The Balaban J connectivity index is 2.06. The summed E-state index contributed by atoms with van der Waals surface area (Å²) in [5.41, 5.74) is 2.84. The summed E-state index contributed by atoms with van der Waals surface area (Å²) in [5, 5.41) is 3.33. The molecule has 1 unspecified atom stereocenters. The monoisotopic (exact) mass is 418 g/mol. The number of ketones is 1. The lowest BCUT2D eigenvalue weighted by Gasteiger charge is -2.31. The Morgan fingerprint density at radius 1 is 1.03 bits per heavy atom. The summed E-state index contributed by atoms with van der Waals surface area (Å²) in [7, 11) is 0. The highest BCUT2D eigenvalue weighted by Crippen LogP contribution is 2.35. The average Bonchev–Trinajstić information content (AvgIpc) is 2.71. The number of hydrogen-bond donors (Lipinski definition) is 1. The van der Waals surface area contributed by atoms with Crippen molar-refractivity contribution < 1.29 is 18.0 Å². The Bertz CT molecular complexity index is 869. The number of hydrogen-bond acceptors (Lipinski definition) is 3. The van der Waals surface area contributed by atoms with Crippen molar-refractivity contribution in [2.45, 2.75) is 39.3 Å². The van der Waals surface area contributed by atoms with Gasteiger partial charge in [0.05, 0.1) is 5.56 Å². The molecule has 1 saturated heterocycles. The van der Waals surface area contributed by atoms with Crippen LogP contribution in [0.4, 0.5) is 18.9 Å². The Morgan fingerprint density at radius 3 is 2.20 bits per heavy atom. The maximum atomic E-state index is 13.0. The standard InChI is InChI=1S/C24H29F3N2O/c1-16(2)12-23(17(3)30)20-13-19(14-22(15-20)29-10-8-28-9-11-29)18-4-6-21(7-5-18)24(25,26)27/h4-7,13-16,23,28H,8-12H2,1-3H3. The molecule has 1 aliphatic heterocycles. The second kappa shape index (κ2) is 9.21. The van der Waals surface area contributed by atoms with E-state index in [9.17, 15) is 18.0 Å². The van der Waals surface area contributed by atoms with E-state index in [0.717, 1.165) is 61.5 Å². The third-order valence-electron chi connectivity index (χ3n) is 5.57. The molecule has 1 heterocycles. The first-order valence-corrected chi connectivity index (χ1v) is 10.4. The number of nitrogens with one attached hydrogen (secondary N) is 1. The molecule has 162 valence electrons. The normalized spacial score (nSPS) is 16.0. The van der Waals surface area contributed by atoms with Crippen LogP contribution in [0, 0.1) is 5.92 Å². The number of anilines is 1. The number of Topliss-reactive ketones (excluding diaryl/α,β-unsaturated/α-hetero) is 1. The number of halogens is 3. The second-order valence-electron chi connectivity index (χ2n) is 8.42. The summed E-state index contributed by atoms with van der Waals surface area (Å²) >= 11 is 0. The van der Waals surface area contributed by atoms with Crippen LogP contribution in [-0.2, 0) is 11.0 Å². The highest BCUT2D eigenvalue weighted by atomic mass is 19.4. The summed E-state index contributed by atoms with van der Waals surface area (Å²) in [6.45, 7) is 9.25. The molecule has 2 aromatic carbocycles. The molecule has 0 amide bonds. The Labute approximate surface area is 176 Å². The van der Waals surface area contributed by atoms with E-state index in [4.69, 9.17) is 0 Å². The van der Waals surface area contributed by atoms with E-state index in [1.165, 1.54) is 12.1 Å². The Morgan fingerprint density at radius 2 is 1.67 bits per heavy atom. The SMILES string of the molecule is CC(=O)C(CC(C)C)c1cc(-c2ccc(C(F)(F)F)cc2)cc(N2CCNCC2)c1. The van der Waals surface area contributed by atoms with Crippen LogP contribution in [0.2, 0.25) is 0 Å². The van der Waals surface area contributed by atoms with Gasteiger partial charge in [0, 0.05) is 37.8 Å². The smallest absolute Gasteiger partial charge is 0.369 e. The van der Waals surface area contributed by atoms with Crippen molar-refractivity contribution in [3.8, 4) is 11.1 Å². The largest absolute Gasteiger partial charge is 0.416 e. The molecule has 0 spiro atoms. The van der Waals surface area contributed by atoms with Crippen LogP contribution in [0.1, 0.15) is 44.2 Å². The minimum Gasteiger partial charge on any atom is -0.369 e. The van der Waals surface area contributed by atoms with Crippen LogP contribution < -0.4 is 10.2 Å². The first kappa shape index (κ1) is 22.3. The highest BCUT2D eigenvalue weighted by Gasteiger charge is 2.30. The number of piperazine rings is 1. The van der Waals surface area contributed by atoms with Gasteiger partial charge >= 0.3 is 6.18 Å². The topological polar surface area (TPSA) is 32.3 Å². The molecule has 3 nitrogen and oxygen atoms in total. The minimum absolute atomic E-state index is 0.111. The van der Waals surface area contributed by atoms with Crippen LogP contribution >= 0.6 is 0 Å².